The van der Waals surface area contributed by atoms with Crippen LogP contribution in [-0.2, 0) is 0 Å². The Morgan fingerprint density at radius 2 is 1.64 bits per heavy atom. The molecular weight excluding hydrogens is 352 g/mol. The molecule has 0 aliphatic rings. The molecule has 0 aliphatic carbocycles. The Morgan fingerprint density at radius 3 is 2.41 bits per heavy atom. The summed E-state index contributed by atoms with van der Waals surface area (Å²) in [4.78, 5) is 1.29. The number of thiophene rings is 1. The molecular formula is C20H11BrS. The third-order valence-electron chi connectivity index (χ3n) is 3.78. The average molecular weight is 363 g/mol. The van der Waals surface area contributed by atoms with Gasteiger partial charge in [0.2, 0.25) is 0 Å². The molecule has 0 nitrogen and oxygen atoms in total. The molecule has 0 N–H and O–H groups in total. The van der Waals surface area contributed by atoms with E-state index in [1.807, 2.05) is 17.4 Å². The van der Waals surface area contributed by atoms with E-state index in [1.165, 1.54) is 31.3 Å². The van der Waals surface area contributed by atoms with Crippen LogP contribution in [0.1, 0.15) is 5.56 Å². The summed E-state index contributed by atoms with van der Waals surface area (Å²) in [6.45, 7) is 0. The molecule has 0 fully saturated rings. The van der Waals surface area contributed by atoms with Gasteiger partial charge in [-0.05, 0) is 68.0 Å². The Morgan fingerprint density at radius 1 is 0.864 bits per heavy atom. The van der Waals surface area contributed by atoms with E-state index in [-0.39, 0.29) is 0 Å². The second kappa shape index (κ2) is 5.28. The molecule has 1 heterocycles. The highest BCUT2D eigenvalue weighted by Gasteiger charge is 2.07. The van der Waals surface area contributed by atoms with E-state index in [4.69, 9.17) is 6.42 Å². The maximum Gasteiger partial charge on any atom is 0.0391 e. The maximum atomic E-state index is 5.56. The number of fused-ring (bicyclic) bond motifs is 2. The van der Waals surface area contributed by atoms with Crippen molar-refractivity contribution < 1.29 is 0 Å². The molecule has 22 heavy (non-hydrogen) atoms. The van der Waals surface area contributed by atoms with Crippen molar-refractivity contribution in [1.82, 2.24) is 0 Å². The highest BCUT2D eigenvalue weighted by atomic mass is 79.9. The highest BCUT2D eigenvalue weighted by Crippen LogP contribution is 2.36. The van der Waals surface area contributed by atoms with Gasteiger partial charge in [-0.3, -0.25) is 0 Å². The lowest BCUT2D eigenvalue weighted by Crippen LogP contribution is -1.79. The summed E-state index contributed by atoms with van der Waals surface area (Å²) in [6.07, 6.45) is 5.56. The molecule has 4 rings (SSSR count). The van der Waals surface area contributed by atoms with E-state index in [1.54, 1.807) is 0 Å². The van der Waals surface area contributed by atoms with Gasteiger partial charge in [-0.15, -0.1) is 17.8 Å². The van der Waals surface area contributed by atoms with Gasteiger partial charge in [0.1, 0.15) is 0 Å². The van der Waals surface area contributed by atoms with Crippen molar-refractivity contribution in [3.63, 3.8) is 0 Å². The highest BCUT2D eigenvalue weighted by molar-refractivity contribution is 9.10. The first-order valence-electron chi connectivity index (χ1n) is 6.93. The molecule has 104 valence electrons. The van der Waals surface area contributed by atoms with E-state index in [9.17, 15) is 0 Å². The number of hydrogen-bond acceptors (Lipinski definition) is 1. The summed E-state index contributed by atoms with van der Waals surface area (Å²) in [5.41, 5.74) is 2.16. The van der Waals surface area contributed by atoms with Crippen LogP contribution in [0.5, 0.6) is 0 Å². The Labute approximate surface area is 141 Å². The van der Waals surface area contributed by atoms with Crippen molar-refractivity contribution in [2.24, 2.45) is 0 Å². The quantitative estimate of drug-likeness (QED) is 0.340. The van der Waals surface area contributed by atoms with E-state index in [2.05, 4.69) is 76.4 Å². The lowest BCUT2D eigenvalue weighted by Gasteiger charge is -2.02. The summed E-state index contributed by atoms with van der Waals surface area (Å²) >= 11 is 5.37. The van der Waals surface area contributed by atoms with Gasteiger partial charge in [0.25, 0.3) is 0 Å². The van der Waals surface area contributed by atoms with Gasteiger partial charge >= 0.3 is 0 Å². The summed E-state index contributed by atoms with van der Waals surface area (Å²) in [5.74, 6) is 2.72. The van der Waals surface area contributed by atoms with E-state index >= 15 is 0 Å². The Hall–Kier alpha value is -2.08. The Balaban J connectivity index is 1.97. The van der Waals surface area contributed by atoms with Crippen LogP contribution in [0.25, 0.3) is 31.3 Å². The van der Waals surface area contributed by atoms with Gasteiger partial charge < -0.3 is 0 Å². The fraction of sp³-hybridized carbons (Fsp3) is 0. The molecule has 0 atom stereocenters. The lowest BCUT2D eigenvalue weighted by atomic mass is 10.1. The van der Waals surface area contributed by atoms with E-state index in [0.717, 1.165) is 10.0 Å². The second-order valence-corrected chi connectivity index (χ2v) is 7.13. The fourth-order valence-corrected chi connectivity index (χ4v) is 4.24. The van der Waals surface area contributed by atoms with Gasteiger partial charge in [-0.25, -0.2) is 0 Å². The molecule has 1 aromatic heterocycles. The van der Waals surface area contributed by atoms with Crippen molar-refractivity contribution in [2.45, 2.75) is 0 Å². The predicted molar refractivity (Wildman–Crippen MR) is 100 cm³/mol. The van der Waals surface area contributed by atoms with Crippen LogP contribution in [0.15, 0.2) is 65.1 Å². The van der Waals surface area contributed by atoms with Gasteiger partial charge in [0.15, 0.2) is 0 Å². The van der Waals surface area contributed by atoms with Crippen molar-refractivity contribution in [2.75, 3.05) is 0 Å². The first-order chi connectivity index (χ1) is 10.7. The van der Waals surface area contributed by atoms with Crippen molar-refractivity contribution in [3.05, 3.63) is 70.7 Å². The van der Waals surface area contributed by atoms with Crippen molar-refractivity contribution in [3.8, 4) is 22.8 Å². The summed E-state index contributed by atoms with van der Waals surface area (Å²) < 4.78 is 2.27. The molecule has 2 heteroatoms. The SMILES string of the molecule is C#Cc1cc2cc3cc(-c4ccccc4)sc3cc2cc1Br. The molecule has 3 aromatic carbocycles. The monoisotopic (exact) mass is 362 g/mol. The Bertz CT molecular complexity index is 1040. The molecule has 0 unspecified atom stereocenters. The fourth-order valence-electron chi connectivity index (χ4n) is 2.66. The minimum Gasteiger partial charge on any atom is -0.135 e. The molecule has 4 aromatic rings. The summed E-state index contributed by atoms with van der Waals surface area (Å²) in [6, 6.07) is 21.4. The number of terminal acetylenes is 1. The first-order valence-corrected chi connectivity index (χ1v) is 8.54. The van der Waals surface area contributed by atoms with Crippen molar-refractivity contribution in [1.29, 1.82) is 0 Å². The smallest absolute Gasteiger partial charge is 0.0391 e. The standard InChI is InChI=1S/C20H11BrS/c1-2-13-8-15-9-17-12-19(14-6-4-3-5-7-14)22-20(17)11-16(15)10-18(13)21/h1,3-12H. The number of hydrogen-bond donors (Lipinski definition) is 0. The first kappa shape index (κ1) is 13.6. The molecule has 0 spiro atoms. The topological polar surface area (TPSA) is 0 Å². The maximum absolute atomic E-state index is 5.56. The van der Waals surface area contributed by atoms with Gasteiger partial charge in [0.05, 0.1) is 0 Å². The van der Waals surface area contributed by atoms with Crippen LogP contribution in [0.2, 0.25) is 0 Å². The molecule has 0 radical (unpaired) electrons. The molecule has 0 saturated heterocycles. The molecule has 0 aliphatic heterocycles. The van der Waals surface area contributed by atoms with Crippen LogP contribution in [-0.4, -0.2) is 0 Å². The third kappa shape index (κ3) is 2.23. The van der Waals surface area contributed by atoms with Crippen LogP contribution in [0.3, 0.4) is 0 Å². The van der Waals surface area contributed by atoms with Crippen molar-refractivity contribution >= 4 is 48.1 Å². The minimum atomic E-state index is 0.894. The van der Waals surface area contributed by atoms with E-state index < -0.39 is 0 Å². The zero-order valence-electron chi connectivity index (χ0n) is 11.6. The normalized spacial score (nSPS) is 10.9. The van der Waals surface area contributed by atoms with Gasteiger partial charge in [0, 0.05) is 19.6 Å². The largest absolute Gasteiger partial charge is 0.135 e. The third-order valence-corrected chi connectivity index (χ3v) is 5.58. The second-order valence-electron chi connectivity index (χ2n) is 5.19. The predicted octanol–water partition coefficient (Wildman–Crippen LogP) is 6.47. The van der Waals surface area contributed by atoms with Crippen LogP contribution in [0, 0.1) is 12.3 Å². The molecule has 0 saturated carbocycles. The Kier molecular flexibility index (Phi) is 3.26. The molecule has 0 bridgehead atoms. The average Bonchev–Trinajstić information content (AvgIpc) is 2.96. The van der Waals surface area contributed by atoms with Gasteiger partial charge in [-0.1, -0.05) is 36.3 Å². The number of benzene rings is 3. The van der Waals surface area contributed by atoms with Crippen LogP contribution in [0.4, 0.5) is 0 Å². The van der Waals surface area contributed by atoms with Crippen LogP contribution >= 0.6 is 27.3 Å². The van der Waals surface area contributed by atoms with Crippen LogP contribution < -0.4 is 0 Å². The zero-order chi connectivity index (χ0) is 15.1. The number of rotatable bonds is 1. The summed E-state index contributed by atoms with van der Waals surface area (Å²) in [7, 11) is 0. The van der Waals surface area contributed by atoms with Gasteiger partial charge in [-0.2, -0.15) is 0 Å². The molecule has 0 amide bonds. The van der Waals surface area contributed by atoms with E-state index in [0.29, 0.717) is 0 Å². The summed E-state index contributed by atoms with van der Waals surface area (Å²) in [5, 5.41) is 3.66. The lowest BCUT2D eigenvalue weighted by molar-refractivity contribution is 1.66. The zero-order valence-corrected chi connectivity index (χ0v) is 14.0. The number of halogens is 1. The minimum absolute atomic E-state index is 0.894.